The zero-order valence-electron chi connectivity index (χ0n) is 13.3. The molecule has 0 unspecified atom stereocenters. The third-order valence-corrected chi connectivity index (χ3v) is 5.30. The maximum Gasteiger partial charge on any atom is 0.336 e. The first kappa shape index (κ1) is 19.6. The molecule has 8 heteroatoms. The maximum atomic E-state index is 12.6. The maximum absolute atomic E-state index is 12.6. The van der Waals surface area contributed by atoms with E-state index in [0.29, 0.717) is 24.1 Å². The number of hydrogen-bond acceptors (Lipinski definition) is 5. The van der Waals surface area contributed by atoms with Crippen molar-refractivity contribution < 1.29 is 12.8 Å². The summed E-state index contributed by atoms with van der Waals surface area (Å²) in [5.74, 6) is 0. The summed E-state index contributed by atoms with van der Waals surface area (Å²) in [6.07, 6.45) is 0. The van der Waals surface area contributed by atoms with Gasteiger partial charge in [0.05, 0.1) is 4.90 Å². The van der Waals surface area contributed by atoms with Gasteiger partial charge in [-0.3, -0.25) is 0 Å². The summed E-state index contributed by atoms with van der Waals surface area (Å²) in [6.45, 7) is 4.52. The summed E-state index contributed by atoms with van der Waals surface area (Å²) in [7, 11) is -2.10. The van der Waals surface area contributed by atoms with Crippen LogP contribution in [0.25, 0.3) is 11.0 Å². The molecule has 2 N–H and O–H groups in total. The first-order chi connectivity index (χ1) is 10.2. The third-order valence-electron chi connectivity index (χ3n) is 3.50. The van der Waals surface area contributed by atoms with Crippen LogP contribution < -0.4 is 11.4 Å². The molecule has 0 aliphatic rings. The molecule has 0 atom stereocenters. The van der Waals surface area contributed by atoms with Crippen LogP contribution in [0.5, 0.6) is 0 Å². The molecule has 0 fully saturated rings. The van der Waals surface area contributed by atoms with Crippen LogP contribution in [0.3, 0.4) is 0 Å². The highest BCUT2D eigenvalue weighted by atomic mass is 35.5. The lowest BCUT2D eigenvalue weighted by Crippen LogP contribution is -2.39. The smallest absolute Gasteiger partial charge is 0.336 e. The van der Waals surface area contributed by atoms with E-state index in [1.165, 1.54) is 35.6 Å². The van der Waals surface area contributed by atoms with Gasteiger partial charge in [-0.15, -0.1) is 12.4 Å². The Kier molecular flexibility index (Phi) is 5.98. The molecule has 1 aromatic heterocycles. The Morgan fingerprint density at radius 2 is 1.87 bits per heavy atom. The van der Waals surface area contributed by atoms with Crippen molar-refractivity contribution in [1.29, 1.82) is 0 Å². The first-order valence-electron chi connectivity index (χ1n) is 6.86. The molecule has 1 aromatic carbocycles. The van der Waals surface area contributed by atoms with E-state index in [9.17, 15) is 13.2 Å². The quantitative estimate of drug-likeness (QED) is 0.821. The number of halogens is 1. The Hall–Kier alpha value is -1.41. The van der Waals surface area contributed by atoms with E-state index in [2.05, 4.69) is 0 Å². The van der Waals surface area contributed by atoms with Gasteiger partial charge in [-0.2, -0.15) is 0 Å². The second-order valence-corrected chi connectivity index (χ2v) is 8.13. The number of fused-ring (bicyclic) bond motifs is 1. The number of sulfonamides is 1. The van der Waals surface area contributed by atoms with Gasteiger partial charge in [-0.25, -0.2) is 17.5 Å². The first-order valence-corrected chi connectivity index (χ1v) is 8.30. The topological polar surface area (TPSA) is 93.6 Å². The Labute approximate surface area is 141 Å². The Balaban J connectivity index is 0.00000264. The zero-order chi connectivity index (χ0) is 16.5. The lowest BCUT2D eigenvalue weighted by molar-refractivity contribution is 0.292. The molecular weight excluding hydrogens is 340 g/mol. The summed E-state index contributed by atoms with van der Waals surface area (Å²) >= 11 is 0. The van der Waals surface area contributed by atoms with Gasteiger partial charge < -0.3 is 10.2 Å². The van der Waals surface area contributed by atoms with Crippen molar-refractivity contribution in [3.05, 3.63) is 40.8 Å². The minimum Gasteiger partial charge on any atom is -0.423 e. The predicted octanol–water partition coefficient (Wildman–Crippen LogP) is 1.82. The molecule has 0 aliphatic carbocycles. The molecule has 0 spiro atoms. The van der Waals surface area contributed by atoms with E-state index in [1.54, 1.807) is 6.07 Å². The van der Waals surface area contributed by atoms with Gasteiger partial charge in [-0.05, 0) is 36.2 Å². The molecule has 0 amide bonds. The standard InChI is InChI=1S/C15H20N2O4S.ClH/c1-15(2,9-16)10-17(3)22(19,20)12-5-6-13-11(8-12)4-7-14(18)21-13;/h4-8H,9-10,16H2,1-3H3;1H. The molecule has 128 valence electrons. The van der Waals surface area contributed by atoms with Gasteiger partial charge >= 0.3 is 5.63 Å². The van der Waals surface area contributed by atoms with E-state index < -0.39 is 15.6 Å². The van der Waals surface area contributed by atoms with Crippen molar-refractivity contribution >= 4 is 33.4 Å². The average molecular weight is 361 g/mol. The third kappa shape index (κ3) is 4.32. The predicted molar refractivity (Wildman–Crippen MR) is 92.4 cm³/mol. The molecule has 23 heavy (non-hydrogen) atoms. The summed E-state index contributed by atoms with van der Waals surface area (Å²) in [5.41, 5.74) is 5.24. The molecule has 2 aromatic rings. The summed E-state index contributed by atoms with van der Waals surface area (Å²) in [5, 5.41) is 0.562. The molecule has 1 heterocycles. The highest BCUT2D eigenvalue weighted by Crippen LogP contribution is 2.23. The minimum atomic E-state index is -3.63. The van der Waals surface area contributed by atoms with Crippen molar-refractivity contribution in [3.63, 3.8) is 0 Å². The molecule has 0 saturated heterocycles. The second kappa shape index (κ2) is 7.00. The van der Waals surface area contributed by atoms with Crippen LogP contribution in [0.15, 0.2) is 44.4 Å². The van der Waals surface area contributed by atoms with Gasteiger partial charge in [-0.1, -0.05) is 13.8 Å². The number of rotatable bonds is 5. The van der Waals surface area contributed by atoms with Crippen LogP contribution in [-0.4, -0.2) is 32.9 Å². The molecule has 6 nitrogen and oxygen atoms in total. The summed E-state index contributed by atoms with van der Waals surface area (Å²) < 4.78 is 31.6. The fourth-order valence-corrected chi connectivity index (χ4v) is 3.54. The van der Waals surface area contributed by atoms with Crippen LogP contribution in [0.4, 0.5) is 0 Å². The molecule has 0 saturated carbocycles. The lowest BCUT2D eigenvalue weighted by Gasteiger charge is -2.28. The Morgan fingerprint density at radius 3 is 2.48 bits per heavy atom. The van der Waals surface area contributed by atoms with Crippen LogP contribution in [-0.2, 0) is 10.0 Å². The van der Waals surface area contributed by atoms with E-state index in [0.717, 1.165) is 0 Å². The van der Waals surface area contributed by atoms with Gasteiger partial charge in [0.1, 0.15) is 5.58 Å². The van der Waals surface area contributed by atoms with Gasteiger partial charge in [0.2, 0.25) is 10.0 Å². The minimum absolute atomic E-state index is 0. The van der Waals surface area contributed by atoms with Gasteiger partial charge in [0.25, 0.3) is 0 Å². The molecule has 0 bridgehead atoms. The van der Waals surface area contributed by atoms with Crippen LogP contribution in [0.2, 0.25) is 0 Å². The normalized spacial score (nSPS) is 12.4. The molecule has 0 aliphatic heterocycles. The van der Waals surface area contributed by atoms with Gasteiger partial charge in [0.15, 0.2) is 0 Å². The van der Waals surface area contributed by atoms with Crippen molar-refractivity contribution in [2.24, 2.45) is 11.1 Å². The summed E-state index contributed by atoms with van der Waals surface area (Å²) in [4.78, 5) is 11.3. The summed E-state index contributed by atoms with van der Waals surface area (Å²) in [6, 6.07) is 7.24. The van der Waals surface area contributed by atoms with Crippen molar-refractivity contribution in [2.75, 3.05) is 20.1 Å². The lowest BCUT2D eigenvalue weighted by atomic mass is 9.94. The Bertz CT molecular complexity index is 846. The van der Waals surface area contributed by atoms with E-state index in [-0.39, 0.29) is 22.7 Å². The molecular formula is C15H21ClN2O4S. The van der Waals surface area contributed by atoms with Crippen molar-refractivity contribution in [1.82, 2.24) is 4.31 Å². The van der Waals surface area contributed by atoms with Crippen LogP contribution in [0.1, 0.15) is 13.8 Å². The van der Waals surface area contributed by atoms with Crippen LogP contribution in [0, 0.1) is 5.41 Å². The van der Waals surface area contributed by atoms with E-state index in [1.807, 2.05) is 13.8 Å². The highest BCUT2D eigenvalue weighted by molar-refractivity contribution is 7.89. The fourth-order valence-electron chi connectivity index (χ4n) is 2.14. The highest BCUT2D eigenvalue weighted by Gasteiger charge is 2.27. The van der Waals surface area contributed by atoms with E-state index in [4.69, 9.17) is 10.2 Å². The number of nitrogens with two attached hydrogens (primary N) is 1. The largest absolute Gasteiger partial charge is 0.423 e. The number of nitrogens with zero attached hydrogens (tertiary/aromatic N) is 1. The van der Waals surface area contributed by atoms with Crippen molar-refractivity contribution in [2.45, 2.75) is 18.7 Å². The average Bonchev–Trinajstić information content (AvgIpc) is 2.46. The van der Waals surface area contributed by atoms with Crippen LogP contribution >= 0.6 is 12.4 Å². The molecule has 0 radical (unpaired) electrons. The SMILES string of the molecule is CN(CC(C)(C)CN)S(=O)(=O)c1ccc2oc(=O)ccc2c1.Cl. The second-order valence-electron chi connectivity index (χ2n) is 6.08. The van der Waals surface area contributed by atoms with E-state index >= 15 is 0 Å². The van der Waals surface area contributed by atoms with Gasteiger partial charge in [0, 0.05) is 25.0 Å². The number of hydrogen-bond donors (Lipinski definition) is 1. The number of benzene rings is 1. The Morgan fingerprint density at radius 1 is 1.22 bits per heavy atom. The fraction of sp³-hybridized carbons (Fsp3) is 0.400. The monoisotopic (exact) mass is 360 g/mol. The zero-order valence-corrected chi connectivity index (χ0v) is 14.9. The molecule has 2 rings (SSSR count). The van der Waals surface area contributed by atoms with Crippen molar-refractivity contribution in [3.8, 4) is 0 Å².